The van der Waals surface area contributed by atoms with Crippen molar-refractivity contribution >= 4 is 11.8 Å². The molecule has 5 nitrogen and oxygen atoms in total. The van der Waals surface area contributed by atoms with E-state index in [1.165, 1.54) is 18.2 Å². The van der Waals surface area contributed by atoms with Gasteiger partial charge in [-0.2, -0.15) is 0 Å². The summed E-state index contributed by atoms with van der Waals surface area (Å²) in [6.07, 6.45) is 2.92. The Labute approximate surface area is 142 Å². The van der Waals surface area contributed by atoms with Crippen LogP contribution in [0.1, 0.15) is 46.5 Å². The lowest BCUT2D eigenvalue weighted by Gasteiger charge is -2.36. The third kappa shape index (κ3) is 5.01. The number of halogens is 1. The third-order valence-electron chi connectivity index (χ3n) is 4.10. The molecule has 0 spiro atoms. The molecule has 1 aliphatic carbocycles. The van der Waals surface area contributed by atoms with Gasteiger partial charge in [-0.15, -0.1) is 0 Å². The van der Waals surface area contributed by atoms with E-state index in [1.54, 1.807) is 11.9 Å². The van der Waals surface area contributed by atoms with Gasteiger partial charge in [0.05, 0.1) is 5.69 Å². The number of hydrogen-bond acceptors (Lipinski definition) is 4. The molecule has 0 bridgehead atoms. The smallest absolute Gasteiger partial charge is 0.410 e. The molecule has 0 heterocycles. The zero-order valence-corrected chi connectivity index (χ0v) is 14.8. The van der Waals surface area contributed by atoms with E-state index >= 15 is 0 Å². The summed E-state index contributed by atoms with van der Waals surface area (Å²) in [6, 6.07) is 4.14. The molecule has 0 aromatic heterocycles. The molecule has 2 N–H and O–H groups in total. The molecule has 0 radical (unpaired) electrons. The van der Waals surface area contributed by atoms with Crippen molar-refractivity contribution in [2.45, 2.75) is 64.2 Å². The fraction of sp³-hybridized carbons (Fsp3) is 0.611. The maximum Gasteiger partial charge on any atom is 0.410 e. The van der Waals surface area contributed by atoms with Crippen molar-refractivity contribution in [3.8, 4) is 5.75 Å². The minimum Gasteiger partial charge on any atom is -0.488 e. The van der Waals surface area contributed by atoms with Gasteiger partial charge in [0.2, 0.25) is 0 Å². The molecule has 1 aliphatic rings. The normalized spacial score (nSPS) is 21.2. The summed E-state index contributed by atoms with van der Waals surface area (Å²) in [4.78, 5) is 13.8. The summed E-state index contributed by atoms with van der Waals surface area (Å²) < 4.78 is 24.7. The molecule has 1 aromatic carbocycles. The highest BCUT2D eigenvalue weighted by molar-refractivity contribution is 5.68. The predicted octanol–water partition coefficient (Wildman–Crippen LogP) is 3.96. The van der Waals surface area contributed by atoms with E-state index < -0.39 is 5.60 Å². The van der Waals surface area contributed by atoms with Crippen LogP contribution in [0.2, 0.25) is 0 Å². The van der Waals surface area contributed by atoms with E-state index in [9.17, 15) is 9.18 Å². The van der Waals surface area contributed by atoms with Gasteiger partial charge in [0.1, 0.15) is 23.3 Å². The first-order chi connectivity index (χ1) is 11.2. The second-order valence-corrected chi connectivity index (χ2v) is 7.33. The highest BCUT2D eigenvalue weighted by Gasteiger charge is 2.31. The Morgan fingerprint density at radius 3 is 2.71 bits per heavy atom. The van der Waals surface area contributed by atoms with Gasteiger partial charge in [0.25, 0.3) is 0 Å². The average Bonchev–Trinajstić information content (AvgIpc) is 2.49. The lowest BCUT2D eigenvalue weighted by molar-refractivity contribution is 0.0117. The number of nitrogens with two attached hydrogens (primary N) is 1. The van der Waals surface area contributed by atoms with Crippen molar-refractivity contribution in [2.75, 3.05) is 12.8 Å². The van der Waals surface area contributed by atoms with Crippen LogP contribution >= 0.6 is 0 Å². The van der Waals surface area contributed by atoms with E-state index in [4.69, 9.17) is 15.2 Å². The predicted molar refractivity (Wildman–Crippen MR) is 91.5 cm³/mol. The van der Waals surface area contributed by atoms with E-state index in [0.29, 0.717) is 17.9 Å². The van der Waals surface area contributed by atoms with Gasteiger partial charge in [-0.05, 0) is 52.2 Å². The molecule has 1 amide bonds. The Kier molecular flexibility index (Phi) is 5.57. The fourth-order valence-electron chi connectivity index (χ4n) is 2.85. The Morgan fingerprint density at radius 2 is 2.04 bits per heavy atom. The van der Waals surface area contributed by atoms with Crippen LogP contribution in [0.25, 0.3) is 0 Å². The molecule has 2 rings (SSSR count). The number of hydrogen-bond donors (Lipinski definition) is 1. The average molecular weight is 338 g/mol. The molecule has 24 heavy (non-hydrogen) atoms. The van der Waals surface area contributed by atoms with Crippen LogP contribution in [0.4, 0.5) is 14.9 Å². The number of rotatable bonds is 3. The summed E-state index contributed by atoms with van der Waals surface area (Å²) in [5.74, 6) is -0.0157. The van der Waals surface area contributed by atoms with Crippen molar-refractivity contribution < 1.29 is 18.7 Å². The van der Waals surface area contributed by atoms with Gasteiger partial charge in [0, 0.05) is 25.6 Å². The maximum atomic E-state index is 13.4. The Hall–Kier alpha value is -1.98. The summed E-state index contributed by atoms with van der Waals surface area (Å²) in [7, 11) is 1.75. The number of amides is 1. The van der Waals surface area contributed by atoms with Crippen LogP contribution in [0.3, 0.4) is 0 Å². The van der Waals surface area contributed by atoms with Crippen molar-refractivity contribution in [3.63, 3.8) is 0 Å². The summed E-state index contributed by atoms with van der Waals surface area (Å²) in [5.41, 5.74) is 5.74. The van der Waals surface area contributed by atoms with Gasteiger partial charge in [-0.3, -0.25) is 0 Å². The molecule has 0 saturated heterocycles. The summed E-state index contributed by atoms with van der Waals surface area (Å²) >= 11 is 0. The topological polar surface area (TPSA) is 64.8 Å². The summed E-state index contributed by atoms with van der Waals surface area (Å²) in [6.45, 7) is 5.54. The Balaban J connectivity index is 1.98. The molecule has 134 valence electrons. The number of anilines is 1. The van der Waals surface area contributed by atoms with E-state index in [2.05, 4.69) is 0 Å². The van der Waals surface area contributed by atoms with Crippen LogP contribution < -0.4 is 10.5 Å². The maximum absolute atomic E-state index is 13.4. The number of ether oxygens (including phenoxy) is 2. The van der Waals surface area contributed by atoms with E-state index in [0.717, 1.165) is 19.3 Å². The first-order valence-electron chi connectivity index (χ1n) is 8.33. The largest absolute Gasteiger partial charge is 0.488 e. The fourth-order valence-corrected chi connectivity index (χ4v) is 2.85. The molecule has 2 atom stereocenters. The number of carbonyl (C=O) groups excluding carboxylic acids is 1. The molecule has 6 heteroatoms. The Bertz CT molecular complexity index is 586. The number of nitrogens with zero attached hydrogens (tertiary/aromatic N) is 1. The molecule has 1 aromatic rings. The van der Waals surface area contributed by atoms with Gasteiger partial charge >= 0.3 is 6.09 Å². The first-order valence-corrected chi connectivity index (χ1v) is 8.33. The van der Waals surface area contributed by atoms with Gasteiger partial charge in [-0.25, -0.2) is 9.18 Å². The zero-order chi connectivity index (χ0) is 17.9. The van der Waals surface area contributed by atoms with Gasteiger partial charge < -0.3 is 20.1 Å². The monoisotopic (exact) mass is 338 g/mol. The van der Waals surface area contributed by atoms with Crippen LogP contribution in [0, 0.1) is 5.82 Å². The van der Waals surface area contributed by atoms with Crippen LogP contribution in [-0.2, 0) is 4.74 Å². The molecule has 1 saturated carbocycles. The number of carbonyl (C=O) groups is 1. The quantitative estimate of drug-likeness (QED) is 0.847. The van der Waals surface area contributed by atoms with Gasteiger partial charge in [-0.1, -0.05) is 0 Å². The Morgan fingerprint density at radius 1 is 1.33 bits per heavy atom. The molecule has 0 aliphatic heterocycles. The third-order valence-corrected chi connectivity index (χ3v) is 4.10. The van der Waals surface area contributed by atoms with Gasteiger partial charge in [0.15, 0.2) is 0 Å². The second kappa shape index (κ2) is 7.28. The van der Waals surface area contributed by atoms with Crippen molar-refractivity contribution in [1.29, 1.82) is 0 Å². The van der Waals surface area contributed by atoms with E-state index in [-0.39, 0.29) is 24.1 Å². The molecular weight excluding hydrogens is 311 g/mol. The summed E-state index contributed by atoms with van der Waals surface area (Å²) in [5, 5.41) is 0. The standard InChI is InChI=1S/C18H27FN2O3/c1-18(2,3)24-17(22)21(4)13-6-5-7-14(11-13)23-16-10-12(19)8-9-15(16)20/h8-10,13-14H,5-7,11,20H2,1-4H3. The zero-order valence-electron chi connectivity index (χ0n) is 14.8. The first kappa shape index (κ1) is 18.4. The minimum atomic E-state index is -0.522. The molecule has 2 unspecified atom stereocenters. The minimum absolute atomic E-state index is 0.0355. The van der Waals surface area contributed by atoms with Crippen LogP contribution in [0.15, 0.2) is 18.2 Å². The van der Waals surface area contributed by atoms with Crippen molar-refractivity contribution in [3.05, 3.63) is 24.0 Å². The number of benzene rings is 1. The van der Waals surface area contributed by atoms with E-state index in [1.807, 2.05) is 20.8 Å². The molecular formula is C18H27FN2O3. The highest BCUT2D eigenvalue weighted by atomic mass is 19.1. The molecule has 1 fully saturated rings. The van der Waals surface area contributed by atoms with Crippen LogP contribution in [-0.4, -0.2) is 35.8 Å². The van der Waals surface area contributed by atoms with Crippen molar-refractivity contribution in [2.24, 2.45) is 0 Å². The van der Waals surface area contributed by atoms with Crippen molar-refractivity contribution in [1.82, 2.24) is 4.90 Å². The second-order valence-electron chi connectivity index (χ2n) is 7.33. The lowest BCUT2D eigenvalue weighted by Crippen LogP contribution is -2.44. The SMILES string of the molecule is CN(C(=O)OC(C)(C)C)C1CCCC(Oc2cc(F)ccc2N)C1. The number of nitrogen functional groups attached to an aromatic ring is 1. The highest BCUT2D eigenvalue weighted by Crippen LogP contribution is 2.30. The van der Waals surface area contributed by atoms with Crippen LogP contribution in [0.5, 0.6) is 5.75 Å². The lowest BCUT2D eigenvalue weighted by atomic mass is 9.92.